The molecule has 2 N–H and O–H groups in total. The Balaban J connectivity index is 2.17. The standard InChI is InChI=1S/C10H17NO/c11-10(12)8-4-7-9-5-2-1-3-6-9/h4,8-9H,1-3,5-7H2,(H2,11,12)/b8-4+. The predicted octanol–water partition coefficient (Wildman–Crippen LogP) is 2.00. The molecular weight excluding hydrogens is 150 g/mol. The largest absolute Gasteiger partial charge is 0.366 e. The molecule has 2 heteroatoms. The Morgan fingerprint density at radius 1 is 1.33 bits per heavy atom. The Bertz CT molecular complexity index is 169. The highest BCUT2D eigenvalue weighted by Gasteiger charge is 2.10. The van der Waals surface area contributed by atoms with Gasteiger partial charge < -0.3 is 5.73 Å². The number of rotatable bonds is 3. The molecular formula is C10H17NO. The maximum absolute atomic E-state index is 10.4. The van der Waals surface area contributed by atoms with E-state index in [1.54, 1.807) is 0 Å². The molecule has 0 aromatic rings. The summed E-state index contributed by atoms with van der Waals surface area (Å²) in [6.07, 6.45) is 11.2. The van der Waals surface area contributed by atoms with E-state index >= 15 is 0 Å². The average molecular weight is 167 g/mol. The summed E-state index contributed by atoms with van der Waals surface area (Å²) in [6, 6.07) is 0. The van der Waals surface area contributed by atoms with Crippen LogP contribution in [0.15, 0.2) is 12.2 Å². The molecule has 68 valence electrons. The monoisotopic (exact) mass is 167 g/mol. The van der Waals surface area contributed by atoms with Crippen LogP contribution in [0.25, 0.3) is 0 Å². The SMILES string of the molecule is NC(=O)/C=C/CC1CCCCC1. The number of hydrogen-bond acceptors (Lipinski definition) is 1. The minimum Gasteiger partial charge on any atom is -0.366 e. The smallest absolute Gasteiger partial charge is 0.241 e. The van der Waals surface area contributed by atoms with Gasteiger partial charge in [0.2, 0.25) is 5.91 Å². The summed E-state index contributed by atoms with van der Waals surface area (Å²) in [5.74, 6) is 0.472. The van der Waals surface area contributed by atoms with Gasteiger partial charge in [-0.3, -0.25) is 4.79 Å². The third-order valence-corrected chi connectivity index (χ3v) is 2.48. The minimum absolute atomic E-state index is 0.328. The molecule has 12 heavy (non-hydrogen) atoms. The summed E-state index contributed by atoms with van der Waals surface area (Å²) in [7, 11) is 0. The van der Waals surface area contributed by atoms with Gasteiger partial charge >= 0.3 is 0 Å². The van der Waals surface area contributed by atoms with E-state index in [0.717, 1.165) is 12.3 Å². The van der Waals surface area contributed by atoms with Crippen LogP contribution in [0.4, 0.5) is 0 Å². The number of primary amides is 1. The Morgan fingerprint density at radius 2 is 2.00 bits per heavy atom. The van der Waals surface area contributed by atoms with Crippen LogP contribution in [0, 0.1) is 5.92 Å². The molecule has 0 saturated heterocycles. The summed E-state index contributed by atoms with van der Waals surface area (Å²) in [5, 5.41) is 0. The van der Waals surface area contributed by atoms with Gasteiger partial charge in [0.25, 0.3) is 0 Å². The van der Waals surface area contributed by atoms with Crippen LogP contribution < -0.4 is 5.73 Å². The van der Waals surface area contributed by atoms with Crippen LogP contribution in [0.3, 0.4) is 0 Å². The molecule has 0 bridgehead atoms. The zero-order valence-electron chi connectivity index (χ0n) is 7.46. The first-order valence-corrected chi connectivity index (χ1v) is 4.75. The summed E-state index contributed by atoms with van der Waals surface area (Å²) in [6.45, 7) is 0. The minimum atomic E-state index is -0.328. The molecule has 0 radical (unpaired) electrons. The van der Waals surface area contributed by atoms with Gasteiger partial charge in [0, 0.05) is 0 Å². The van der Waals surface area contributed by atoms with E-state index in [0.29, 0.717) is 0 Å². The van der Waals surface area contributed by atoms with Gasteiger partial charge in [-0.2, -0.15) is 0 Å². The van der Waals surface area contributed by atoms with Crippen molar-refractivity contribution >= 4 is 5.91 Å². The van der Waals surface area contributed by atoms with E-state index in [-0.39, 0.29) is 5.91 Å². The van der Waals surface area contributed by atoms with Crippen molar-refractivity contribution in [2.45, 2.75) is 38.5 Å². The van der Waals surface area contributed by atoms with E-state index in [1.165, 1.54) is 38.2 Å². The molecule has 1 amide bonds. The van der Waals surface area contributed by atoms with Crippen molar-refractivity contribution in [2.24, 2.45) is 11.7 Å². The maximum atomic E-state index is 10.4. The fraction of sp³-hybridized carbons (Fsp3) is 0.700. The van der Waals surface area contributed by atoms with Crippen molar-refractivity contribution in [2.75, 3.05) is 0 Å². The fourth-order valence-corrected chi connectivity index (χ4v) is 1.80. The summed E-state index contributed by atoms with van der Waals surface area (Å²) >= 11 is 0. The lowest BCUT2D eigenvalue weighted by Gasteiger charge is -2.19. The van der Waals surface area contributed by atoms with Gasteiger partial charge in [0.1, 0.15) is 0 Å². The second-order valence-corrected chi connectivity index (χ2v) is 3.54. The lowest BCUT2D eigenvalue weighted by molar-refractivity contribution is -0.113. The maximum Gasteiger partial charge on any atom is 0.241 e. The first-order chi connectivity index (χ1) is 5.79. The van der Waals surface area contributed by atoms with Gasteiger partial charge in [-0.25, -0.2) is 0 Å². The first-order valence-electron chi connectivity index (χ1n) is 4.75. The molecule has 0 spiro atoms. The molecule has 1 aliphatic rings. The Morgan fingerprint density at radius 3 is 2.58 bits per heavy atom. The fourth-order valence-electron chi connectivity index (χ4n) is 1.80. The van der Waals surface area contributed by atoms with E-state index in [2.05, 4.69) is 0 Å². The Kier molecular flexibility index (Phi) is 3.85. The average Bonchev–Trinajstić information content (AvgIpc) is 2.05. The van der Waals surface area contributed by atoms with Crippen molar-refractivity contribution in [3.63, 3.8) is 0 Å². The highest BCUT2D eigenvalue weighted by atomic mass is 16.1. The zero-order chi connectivity index (χ0) is 8.81. The highest BCUT2D eigenvalue weighted by molar-refractivity contribution is 5.85. The quantitative estimate of drug-likeness (QED) is 0.642. The van der Waals surface area contributed by atoms with Crippen molar-refractivity contribution in [1.82, 2.24) is 0 Å². The molecule has 0 aromatic heterocycles. The molecule has 1 aliphatic carbocycles. The molecule has 0 heterocycles. The number of allylic oxidation sites excluding steroid dienone is 1. The van der Waals surface area contributed by atoms with Crippen LogP contribution >= 0.6 is 0 Å². The second kappa shape index (κ2) is 4.96. The topological polar surface area (TPSA) is 43.1 Å². The molecule has 0 aromatic carbocycles. The van der Waals surface area contributed by atoms with Crippen LogP contribution in [0.1, 0.15) is 38.5 Å². The van der Waals surface area contributed by atoms with E-state index in [4.69, 9.17) is 5.73 Å². The third-order valence-electron chi connectivity index (χ3n) is 2.48. The van der Waals surface area contributed by atoms with Crippen molar-refractivity contribution in [3.8, 4) is 0 Å². The van der Waals surface area contributed by atoms with E-state index in [1.807, 2.05) is 6.08 Å². The molecule has 1 rings (SSSR count). The number of carbonyl (C=O) groups is 1. The van der Waals surface area contributed by atoms with Crippen LogP contribution in [-0.2, 0) is 4.79 Å². The summed E-state index contributed by atoms with van der Waals surface area (Å²) in [4.78, 5) is 10.4. The summed E-state index contributed by atoms with van der Waals surface area (Å²) in [5.41, 5.74) is 4.98. The van der Waals surface area contributed by atoms with Gasteiger partial charge in [-0.05, 0) is 18.4 Å². The molecule has 1 fully saturated rings. The second-order valence-electron chi connectivity index (χ2n) is 3.54. The van der Waals surface area contributed by atoms with E-state index in [9.17, 15) is 4.79 Å². The van der Waals surface area contributed by atoms with E-state index < -0.39 is 0 Å². The number of carbonyl (C=O) groups excluding carboxylic acids is 1. The molecule has 0 atom stereocenters. The Labute approximate surface area is 73.8 Å². The van der Waals surface area contributed by atoms with Crippen LogP contribution in [-0.4, -0.2) is 5.91 Å². The normalized spacial score (nSPS) is 20.0. The molecule has 1 saturated carbocycles. The van der Waals surface area contributed by atoms with Crippen molar-refractivity contribution in [1.29, 1.82) is 0 Å². The van der Waals surface area contributed by atoms with Crippen LogP contribution in [0.2, 0.25) is 0 Å². The highest BCUT2D eigenvalue weighted by Crippen LogP contribution is 2.26. The Hall–Kier alpha value is -0.790. The van der Waals surface area contributed by atoms with Gasteiger partial charge in [0.15, 0.2) is 0 Å². The van der Waals surface area contributed by atoms with Crippen molar-refractivity contribution < 1.29 is 4.79 Å². The molecule has 0 unspecified atom stereocenters. The lowest BCUT2D eigenvalue weighted by atomic mass is 9.87. The summed E-state index contributed by atoms with van der Waals surface area (Å²) < 4.78 is 0. The molecule has 0 aliphatic heterocycles. The van der Waals surface area contributed by atoms with Gasteiger partial charge in [-0.15, -0.1) is 0 Å². The number of amides is 1. The first kappa shape index (κ1) is 9.30. The molecule has 2 nitrogen and oxygen atoms in total. The van der Waals surface area contributed by atoms with Crippen LogP contribution in [0.5, 0.6) is 0 Å². The lowest BCUT2D eigenvalue weighted by Crippen LogP contribution is -2.07. The number of hydrogen-bond donors (Lipinski definition) is 1. The van der Waals surface area contributed by atoms with Gasteiger partial charge in [-0.1, -0.05) is 38.2 Å². The third kappa shape index (κ3) is 3.56. The zero-order valence-corrected chi connectivity index (χ0v) is 7.46. The number of nitrogens with two attached hydrogens (primary N) is 1. The van der Waals surface area contributed by atoms with Crippen molar-refractivity contribution in [3.05, 3.63) is 12.2 Å². The van der Waals surface area contributed by atoms with Gasteiger partial charge in [0.05, 0.1) is 0 Å². The predicted molar refractivity (Wildman–Crippen MR) is 49.5 cm³/mol.